The van der Waals surface area contributed by atoms with Crippen LogP contribution in [0, 0.1) is 12.7 Å². The number of aryl methyl sites for hydroxylation is 1. The van der Waals surface area contributed by atoms with Gasteiger partial charge in [-0.05, 0) is 43.8 Å². The van der Waals surface area contributed by atoms with Crippen molar-refractivity contribution in [3.63, 3.8) is 0 Å². The Balaban J connectivity index is 1.97. The van der Waals surface area contributed by atoms with Gasteiger partial charge in [-0.25, -0.2) is 17.5 Å². The first-order chi connectivity index (χ1) is 11.8. The molecule has 25 heavy (non-hydrogen) atoms. The predicted molar refractivity (Wildman–Crippen MR) is 92.6 cm³/mol. The molecule has 6 nitrogen and oxygen atoms in total. The van der Waals surface area contributed by atoms with E-state index in [-0.39, 0.29) is 29.6 Å². The Kier molecular flexibility index (Phi) is 6.11. The molecule has 134 valence electrons. The van der Waals surface area contributed by atoms with Crippen molar-refractivity contribution >= 4 is 21.6 Å². The van der Waals surface area contributed by atoms with E-state index in [2.05, 4.69) is 10.0 Å². The Morgan fingerprint density at radius 1 is 1.20 bits per heavy atom. The van der Waals surface area contributed by atoms with E-state index in [1.807, 2.05) is 0 Å². The fourth-order valence-electron chi connectivity index (χ4n) is 2.12. The lowest BCUT2D eigenvalue weighted by Crippen LogP contribution is -2.20. The zero-order valence-corrected chi connectivity index (χ0v) is 14.7. The molecule has 0 saturated heterocycles. The molecular formula is C17H19FN2O4S. The van der Waals surface area contributed by atoms with Gasteiger partial charge in [-0.1, -0.05) is 18.2 Å². The van der Waals surface area contributed by atoms with Crippen molar-refractivity contribution in [2.24, 2.45) is 0 Å². The minimum Gasteiger partial charge on any atom is -0.490 e. The molecule has 0 heterocycles. The second-order valence-electron chi connectivity index (χ2n) is 5.26. The molecule has 2 rings (SSSR count). The Morgan fingerprint density at radius 2 is 1.92 bits per heavy atom. The number of ether oxygens (including phenoxy) is 1. The van der Waals surface area contributed by atoms with E-state index in [1.165, 1.54) is 25.2 Å². The Morgan fingerprint density at radius 3 is 2.60 bits per heavy atom. The third-order valence-electron chi connectivity index (χ3n) is 3.45. The first-order valence-electron chi connectivity index (χ1n) is 7.55. The number of amides is 1. The average Bonchev–Trinajstić information content (AvgIpc) is 2.58. The number of rotatable bonds is 7. The van der Waals surface area contributed by atoms with E-state index in [4.69, 9.17) is 4.74 Å². The van der Waals surface area contributed by atoms with E-state index >= 15 is 0 Å². The minimum absolute atomic E-state index is 0.000297. The molecule has 0 spiro atoms. The van der Waals surface area contributed by atoms with Gasteiger partial charge in [-0.15, -0.1) is 0 Å². The van der Waals surface area contributed by atoms with E-state index in [0.29, 0.717) is 11.3 Å². The number of anilines is 1. The molecule has 0 aliphatic carbocycles. The van der Waals surface area contributed by atoms with E-state index < -0.39 is 15.8 Å². The Labute approximate surface area is 146 Å². The zero-order valence-electron chi connectivity index (χ0n) is 13.9. The van der Waals surface area contributed by atoms with Crippen molar-refractivity contribution < 1.29 is 22.3 Å². The first-order valence-corrected chi connectivity index (χ1v) is 9.03. The van der Waals surface area contributed by atoms with Crippen LogP contribution in [0.3, 0.4) is 0 Å². The van der Waals surface area contributed by atoms with Crippen LogP contribution in [-0.4, -0.2) is 28.0 Å². The van der Waals surface area contributed by atoms with E-state index in [0.717, 1.165) is 0 Å². The Bertz CT molecular complexity index is 869. The van der Waals surface area contributed by atoms with E-state index in [1.54, 1.807) is 31.2 Å². The van der Waals surface area contributed by atoms with Crippen molar-refractivity contribution in [1.82, 2.24) is 4.72 Å². The highest BCUT2D eigenvalue weighted by Crippen LogP contribution is 2.20. The van der Waals surface area contributed by atoms with Crippen molar-refractivity contribution in [2.75, 3.05) is 19.0 Å². The third kappa shape index (κ3) is 5.01. The standard InChI is InChI=1S/C17H19FN2O4S/c1-12-7-8-13(11-16(12)25(22,23)19-2)20-17(21)9-10-24-15-6-4-3-5-14(15)18/h3-8,11,19H,9-10H2,1-2H3,(H,20,21). The number of benzene rings is 2. The molecule has 0 aliphatic rings. The molecule has 0 bridgehead atoms. The number of sulfonamides is 1. The molecule has 0 saturated carbocycles. The van der Waals surface area contributed by atoms with Crippen LogP contribution in [0.2, 0.25) is 0 Å². The highest BCUT2D eigenvalue weighted by atomic mass is 32.2. The van der Waals surface area contributed by atoms with Gasteiger partial charge in [0.25, 0.3) is 0 Å². The van der Waals surface area contributed by atoms with Gasteiger partial charge in [0.15, 0.2) is 11.6 Å². The fraction of sp³-hybridized carbons (Fsp3) is 0.235. The second kappa shape index (κ2) is 8.09. The van der Waals surface area contributed by atoms with Crippen LogP contribution < -0.4 is 14.8 Å². The molecule has 0 atom stereocenters. The molecule has 0 fully saturated rings. The molecule has 0 radical (unpaired) electrons. The van der Waals surface area contributed by atoms with Gasteiger partial charge in [0.05, 0.1) is 17.9 Å². The van der Waals surface area contributed by atoms with Crippen LogP contribution >= 0.6 is 0 Å². The maximum atomic E-state index is 13.4. The molecule has 0 aromatic heterocycles. The topological polar surface area (TPSA) is 84.5 Å². The summed E-state index contributed by atoms with van der Waals surface area (Å²) in [5, 5.41) is 2.60. The van der Waals surface area contributed by atoms with Crippen LogP contribution in [0.1, 0.15) is 12.0 Å². The zero-order chi connectivity index (χ0) is 18.4. The highest BCUT2D eigenvalue weighted by Gasteiger charge is 2.15. The maximum Gasteiger partial charge on any atom is 0.240 e. The summed E-state index contributed by atoms with van der Waals surface area (Å²) in [7, 11) is -2.29. The van der Waals surface area contributed by atoms with Gasteiger partial charge in [0.2, 0.25) is 15.9 Å². The first kappa shape index (κ1) is 18.9. The largest absolute Gasteiger partial charge is 0.490 e. The highest BCUT2D eigenvalue weighted by molar-refractivity contribution is 7.89. The number of carbonyl (C=O) groups excluding carboxylic acids is 1. The van der Waals surface area contributed by atoms with Gasteiger partial charge in [0.1, 0.15) is 0 Å². The van der Waals surface area contributed by atoms with Gasteiger partial charge in [-0.3, -0.25) is 4.79 Å². The number of carbonyl (C=O) groups is 1. The average molecular weight is 366 g/mol. The predicted octanol–water partition coefficient (Wildman–Crippen LogP) is 2.45. The van der Waals surface area contributed by atoms with Crippen LogP contribution in [0.25, 0.3) is 0 Å². The second-order valence-corrected chi connectivity index (χ2v) is 7.12. The molecule has 2 aromatic rings. The van der Waals surface area contributed by atoms with Gasteiger partial charge in [-0.2, -0.15) is 0 Å². The van der Waals surface area contributed by atoms with E-state index in [9.17, 15) is 17.6 Å². The lowest BCUT2D eigenvalue weighted by molar-refractivity contribution is -0.116. The SMILES string of the molecule is CNS(=O)(=O)c1cc(NC(=O)CCOc2ccccc2F)ccc1C. The lowest BCUT2D eigenvalue weighted by Gasteiger charge is -2.11. The molecule has 2 N–H and O–H groups in total. The Hall–Kier alpha value is -2.45. The smallest absolute Gasteiger partial charge is 0.240 e. The van der Waals surface area contributed by atoms with Crippen LogP contribution in [0.4, 0.5) is 10.1 Å². The molecule has 0 unspecified atom stereocenters. The molecule has 8 heteroatoms. The molecule has 1 amide bonds. The summed E-state index contributed by atoms with van der Waals surface area (Å²) in [4.78, 5) is 12.0. The lowest BCUT2D eigenvalue weighted by atomic mass is 10.2. The molecular weight excluding hydrogens is 347 g/mol. The van der Waals surface area contributed by atoms with Crippen molar-refractivity contribution in [3.05, 3.63) is 53.8 Å². The molecule has 0 aliphatic heterocycles. The van der Waals surface area contributed by atoms with Crippen molar-refractivity contribution in [1.29, 1.82) is 0 Å². The summed E-state index contributed by atoms with van der Waals surface area (Å²) in [5.41, 5.74) is 0.922. The van der Waals surface area contributed by atoms with Crippen LogP contribution in [-0.2, 0) is 14.8 Å². The van der Waals surface area contributed by atoms with Crippen LogP contribution in [0.15, 0.2) is 47.4 Å². The number of hydrogen-bond acceptors (Lipinski definition) is 4. The van der Waals surface area contributed by atoms with Crippen LogP contribution in [0.5, 0.6) is 5.75 Å². The minimum atomic E-state index is -3.61. The summed E-state index contributed by atoms with van der Waals surface area (Å²) in [6.07, 6.45) is -0.00365. The monoisotopic (exact) mass is 366 g/mol. The normalized spacial score (nSPS) is 11.2. The van der Waals surface area contributed by atoms with Crippen molar-refractivity contribution in [2.45, 2.75) is 18.2 Å². The molecule has 2 aromatic carbocycles. The third-order valence-corrected chi connectivity index (χ3v) is 5.01. The van der Waals surface area contributed by atoms with Gasteiger partial charge >= 0.3 is 0 Å². The summed E-state index contributed by atoms with van der Waals surface area (Å²) >= 11 is 0. The quantitative estimate of drug-likeness (QED) is 0.788. The van der Waals surface area contributed by atoms with Gasteiger partial charge in [0, 0.05) is 5.69 Å². The summed E-state index contributed by atoms with van der Waals surface area (Å²) in [5.74, 6) is -0.788. The number of para-hydroxylation sites is 1. The summed E-state index contributed by atoms with van der Waals surface area (Å²) < 4.78 is 44.7. The number of halogens is 1. The summed E-state index contributed by atoms with van der Waals surface area (Å²) in [6, 6.07) is 10.5. The van der Waals surface area contributed by atoms with Crippen molar-refractivity contribution in [3.8, 4) is 5.75 Å². The fourth-order valence-corrected chi connectivity index (χ4v) is 3.11. The number of hydrogen-bond donors (Lipinski definition) is 2. The maximum absolute atomic E-state index is 13.4. The van der Waals surface area contributed by atoms with Gasteiger partial charge < -0.3 is 10.1 Å². The number of nitrogens with one attached hydrogen (secondary N) is 2. The summed E-state index contributed by atoms with van der Waals surface area (Å²) in [6.45, 7) is 1.67.